The van der Waals surface area contributed by atoms with Crippen LogP contribution in [0.2, 0.25) is 0 Å². The van der Waals surface area contributed by atoms with Gasteiger partial charge in [-0.15, -0.1) is 5.10 Å². The van der Waals surface area contributed by atoms with E-state index in [-0.39, 0.29) is 5.91 Å². The van der Waals surface area contributed by atoms with Gasteiger partial charge in [-0.2, -0.15) is 5.10 Å². The van der Waals surface area contributed by atoms with Gasteiger partial charge in [0.15, 0.2) is 5.17 Å². The van der Waals surface area contributed by atoms with Crippen LogP contribution in [-0.2, 0) is 4.79 Å². The van der Waals surface area contributed by atoms with E-state index in [0.29, 0.717) is 10.9 Å². The topological polar surface area (TPSA) is 71.6 Å². The maximum absolute atomic E-state index is 11.0. The van der Waals surface area contributed by atoms with E-state index in [1.165, 1.54) is 11.8 Å². The molecule has 2 heterocycles. The zero-order valence-corrected chi connectivity index (χ0v) is 11.2. The summed E-state index contributed by atoms with van der Waals surface area (Å²) in [6, 6.07) is 7.84. The molecular formula is C13H11N5OS. The van der Waals surface area contributed by atoms with Crippen LogP contribution in [0.25, 0.3) is 5.69 Å². The highest BCUT2D eigenvalue weighted by atomic mass is 32.2. The van der Waals surface area contributed by atoms with Gasteiger partial charge in [-0.05, 0) is 17.7 Å². The van der Waals surface area contributed by atoms with E-state index in [2.05, 4.69) is 20.5 Å². The molecule has 6 nitrogen and oxygen atoms in total. The van der Waals surface area contributed by atoms with Crippen molar-refractivity contribution in [2.24, 2.45) is 10.2 Å². The number of amidine groups is 1. The normalized spacial score (nSPS) is 17.0. The quantitative estimate of drug-likeness (QED) is 0.685. The fourth-order valence-electron chi connectivity index (χ4n) is 1.67. The van der Waals surface area contributed by atoms with Crippen molar-refractivity contribution in [3.8, 4) is 5.69 Å². The number of rotatable bonds is 3. The van der Waals surface area contributed by atoms with Crippen molar-refractivity contribution in [2.45, 2.75) is 0 Å². The lowest BCUT2D eigenvalue weighted by Crippen LogP contribution is -2.19. The molecule has 7 heteroatoms. The number of amides is 1. The van der Waals surface area contributed by atoms with Crippen molar-refractivity contribution in [1.29, 1.82) is 0 Å². The monoisotopic (exact) mass is 285 g/mol. The molecule has 1 aliphatic rings. The SMILES string of the molecule is O=C1CSC(=NN=Cc2ccc(-n3ccnc3)cc2)N1. The van der Waals surface area contributed by atoms with Gasteiger partial charge in [-0.3, -0.25) is 4.79 Å². The van der Waals surface area contributed by atoms with Crippen molar-refractivity contribution >= 4 is 29.1 Å². The minimum absolute atomic E-state index is 0.0337. The first kappa shape index (κ1) is 12.6. The molecule has 3 rings (SSSR count). The lowest BCUT2D eigenvalue weighted by molar-refractivity contribution is -0.116. The van der Waals surface area contributed by atoms with Crippen LogP contribution < -0.4 is 5.32 Å². The standard InChI is InChI=1S/C13H11N5OS/c19-12-8-20-13(16-12)17-15-7-10-1-3-11(4-2-10)18-6-5-14-9-18/h1-7,9H,8H2,(H,16,17,19). The average Bonchev–Trinajstić information content (AvgIpc) is 3.11. The van der Waals surface area contributed by atoms with Crippen molar-refractivity contribution in [3.63, 3.8) is 0 Å². The zero-order chi connectivity index (χ0) is 13.8. The Morgan fingerprint density at radius 2 is 2.20 bits per heavy atom. The highest BCUT2D eigenvalue weighted by Crippen LogP contribution is 2.10. The first-order chi connectivity index (χ1) is 9.81. The van der Waals surface area contributed by atoms with Gasteiger partial charge in [0, 0.05) is 18.1 Å². The van der Waals surface area contributed by atoms with Crippen LogP contribution in [0.5, 0.6) is 0 Å². The van der Waals surface area contributed by atoms with E-state index in [9.17, 15) is 4.79 Å². The summed E-state index contributed by atoms with van der Waals surface area (Å²) < 4.78 is 1.92. The maximum Gasteiger partial charge on any atom is 0.236 e. The van der Waals surface area contributed by atoms with Gasteiger partial charge in [-0.25, -0.2) is 4.98 Å². The summed E-state index contributed by atoms with van der Waals surface area (Å²) in [6.07, 6.45) is 7.01. The highest BCUT2D eigenvalue weighted by Gasteiger charge is 2.15. The summed E-state index contributed by atoms with van der Waals surface area (Å²) >= 11 is 1.35. The number of thioether (sulfide) groups is 1. The van der Waals surface area contributed by atoms with Gasteiger partial charge in [0.05, 0.1) is 18.3 Å². The molecule has 0 bridgehead atoms. The predicted octanol–water partition coefficient (Wildman–Crippen LogP) is 1.43. The number of nitrogens with zero attached hydrogens (tertiary/aromatic N) is 4. The van der Waals surface area contributed by atoms with Gasteiger partial charge in [0.2, 0.25) is 5.91 Å². The predicted molar refractivity (Wildman–Crippen MR) is 79.2 cm³/mol. The number of carbonyl (C=O) groups is 1. The Labute approximate surface area is 119 Å². The first-order valence-corrected chi connectivity index (χ1v) is 6.92. The number of benzene rings is 1. The molecule has 2 aromatic rings. The van der Waals surface area contributed by atoms with Gasteiger partial charge < -0.3 is 9.88 Å². The third-order valence-electron chi connectivity index (χ3n) is 2.64. The second-order valence-corrected chi connectivity index (χ2v) is 5.01. The zero-order valence-electron chi connectivity index (χ0n) is 10.4. The van der Waals surface area contributed by atoms with E-state index in [1.54, 1.807) is 18.7 Å². The van der Waals surface area contributed by atoms with Gasteiger partial charge in [0.1, 0.15) is 0 Å². The van der Waals surface area contributed by atoms with Crippen LogP contribution in [0.15, 0.2) is 53.2 Å². The molecule has 0 radical (unpaired) electrons. The molecule has 1 aliphatic heterocycles. The third kappa shape index (κ3) is 2.94. The van der Waals surface area contributed by atoms with Gasteiger partial charge >= 0.3 is 0 Å². The number of aromatic nitrogens is 2. The highest BCUT2D eigenvalue weighted by molar-refractivity contribution is 8.15. The van der Waals surface area contributed by atoms with Gasteiger partial charge in [0.25, 0.3) is 0 Å². The average molecular weight is 285 g/mol. The lowest BCUT2D eigenvalue weighted by Gasteiger charge is -2.01. The Balaban J connectivity index is 1.68. The lowest BCUT2D eigenvalue weighted by atomic mass is 10.2. The summed E-state index contributed by atoms with van der Waals surface area (Å²) in [5.41, 5.74) is 1.97. The summed E-state index contributed by atoms with van der Waals surface area (Å²) in [4.78, 5) is 15.0. The van der Waals surface area contributed by atoms with Crippen LogP contribution in [0.4, 0.5) is 0 Å². The number of carbonyl (C=O) groups excluding carboxylic acids is 1. The second-order valence-electron chi connectivity index (χ2n) is 4.05. The van der Waals surface area contributed by atoms with E-state index in [1.807, 2.05) is 35.0 Å². The Bertz CT molecular complexity index is 661. The molecule has 1 fully saturated rings. The Morgan fingerprint density at radius 1 is 1.35 bits per heavy atom. The summed E-state index contributed by atoms with van der Waals surface area (Å²) in [6.45, 7) is 0. The Kier molecular flexibility index (Phi) is 3.60. The molecule has 1 N–H and O–H groups in total. The summed E-state index contributed by atoms with van der Waals surface area (Å²) in [5, 5.41) is 11.1. The number of hydrogen-bond acceptors (Lipinski definition) is 5. The van der Waals surface area contributed by atoms with E-state index in [4.69, 9.17) is 0 Å². The molecule has 0 atom stereocenters. The molecule has 1 aromatic heterocycles. The third-order valence-corrected chi connectivity index (χ3v) is 3.50. The largest absolute Gasteiger partial charge is 0.306 e. The van der Waals surface area contributed by atoms with Crippen LogP contribution in [0.1, 0.15) is 5.56 Å². The fraction of sp³-hybridized carbons (Fsp3) is 0.0769. The molecule has 100 valence electrons. The Hall–Kier alpha value is -2.41. The first-order valence-electron chi connectivity index (χ1n) is 5.93. The van der Waals surface area contributed by atoms with Crippen LogP contribution in [-0.4, -0.2) is 32.6 Å². The summed E-state index contributed by atoms with van der Waals surface area (Å²) in [7, 11) is 0. The molecule has 0 spiro atoms. The molecule has 0 saturated carbocycles. The number of imidazole rings is 1. The van der Waals surface area contributed by atoms with Crippen LogP contribution >= 0.6 is 11.8 Å². The summed E-state index contributed by atoms with van der Waals surface area (Å²) in [5.74, 6) is 0.377. The maximum atomic E-state index is 11.0. The minimum Gasteiger partial charge on any atom is -0.306 e. The van der Waals surface area contributed by atoms with Crippen LogP contribution in [0.3, 0.4) is 0 Å². The van der Waals surface area contributed by atoms with Crippen molar-refractivity contribution in [1.82, 2.24) is 14.9 Å². The molecule has 0 aliphatic carbocycles. The van der Waals surface area contributed by atoms with Gasteiger partial charge in [-0.1, -0.05) is 23.9 Å². The van der Waals surface area contributed by atoms with Crippen molar-refractivity contribution in [2.75, 3.05) is 5.75 Å². The molecule has 1 amide bonds. The van der Waals surface area contributed by atoms with E-state index in [0.717, 1.165) is 11.3 Å². The molecule has 20 heavy (non-hydrogen) atoms. The second kappa shape index (κ2) is 5.70. The molecule has 1 saturated heterocycles. The van der Waals surface area contributed by atoms with E-state index >= 15 is 0 Å². The molecular weight excluding hydrogens is 274 g/mol. The van der Waals surface area contributed by atoms with Crippen LogP contribution in [0, 0.1) is 0 Å². The minimum atomic E-state index is -0.0337. The number of nitrogens with one attached hydrogen (secondary N) is 1. The molecule has 1 aromatic carbocycles. The number of hydrogen-bond donors (Lipinski definition) is 1. The fourth-order valence-corrected chi connectivity index (χ4v) is 2.30. The van der Waals surface area contributed by atoms with E-state index < -0.39 is 0 Å². The molecule has 0 unspecified atom stereocenters. The van der Waals surface area contributed by atoms with Crippen molar-refractivity contribution < 1.29 is 4.79 Å². The smallest absolute Gasteiger partial charge is 0.236 e. The Morgan fingerprint density at radius 3 is 2.85 bits per heavy atom. The van der Waals surface area contributed by atoms with Crippen molar-refractivity contribution in [3.05, 3.63) is 48.5 Å².